The van der Waals surface area contributed by atoms with Crippen LogP contribution in [0, 0.1) is 0 Å². The number of nitrogens with zero attached hydrogens (tertiary/aromatic N) is 2. The van der Waals surface area contributed by atoms with Crippen molar-refractivity contribution in [2.45, 2.75) is 18.9 Å². The first-order valence-electron chi connectivity index (χ1n) is 10.3. The fraction of sp³-hybridized carbons (Fsp3) is 0.208. The van der Waals surface area contributed by atoms with Crippen molar-refractivity contribution < 1.29 is 18.7 Å². The van der Waals surface area contributed by atoms with Crippen LogP contribution in [0.5, 0.6) is 11.5 Å². The Morgan fingerprint density at radius 3 is 2.66 bits per heavy atom. The number of benzene rings is 2. The highest BCUT2D eigenvalue weighted by Crippen LogP contribution is 2.31. The number of hydrogen-bond donors (Lipinski definition) is 1. The highest BCUT2D eigenvalue weighted by Gasteiger charge is 2.15. The number of furan rings is 1. The van der Waals surface area contributed by atoms with Crippen LogP contribution in [0.15, 0.2) is 70.3 Å². The number of anilines is 1. The maximum absolute atomic E-state index is 12.8. The minimum absolute atomic E-state index is 0.170. The fourth-order valence-corrected chi connectivity index (χ4v) is 3.96. The molecule has 164 valence electrons. The molecule has 0 aliphatic carbocycles. The molecule has 2 aromatic carbocycles. The van der Waals surface area contributed by atoms with Crippen LogP contribution in [-0.2, 0) is 4.79 Å². The van der Waals surface area contributed by atoms with E-state index in [4.69, 9.17) is 13.9 Å². The van der Waals surface area contributed by atoms with Gasteiger partial charge in [0.1, 0.15) is 16.5 Å². The number of ether oxygens (including phenoxy) is 2. The van der Waals surface area contributed by atoms with E-state index in [-0.39, 0.29) is 11.7 Å². The Balaban J connectivity index is 1.54. The van der Waals surface area contributed by atoms with Gasteiger partial charge in [-0.2, -0.15) is 0 Å². The quantitative estimate of drug-likeness (QED) is 0.270. The standard InChI is InChI=1S/C24H23N3O4S/c1-3-29-16-11-12-20(30-4-2)19(14-16)25-22(28)15-32-24-17-8-5-6-9-18(17)26-23(27-24)21-10-7-13-31-21/h5-14H,3-4,15H2,1-2H3,(H,25,28). The van der Waals surface area contributed by atoms with Crippen molar-refractivity contribution in [1.29, 1.82) is 0 Å². The van der Waals surface area contributed by atoms with Crippen molar-refractivity contribution in [3.8, 4) is 23.1 Å². The molecule has 2 heterocycles. The second-order valence-electron chi connectivity index (χ2n) is 6.71. The van der Waals surface area contributed by atoms with E-state index in [1.807, 2.05) is 50.2 Å². The second kappa shape index (κ2) is 10.2. The van der Waals surface area contributed by atoms with Gasteiger partial charge in [0, 0.05) is 11.5 Å². The van der Waals surface area contributed by atoms with Gasteiger partial charge < -0.3 is 19.2 Å². The number of nitrogens with one attached hydrogen (secondary N) is 1. The van der Waals surface area contributed by atoms with Crippen LogP contribution in [0.2, 0.25) is 0 Å². The molecular weight excluding hydrogens is 426 g/mol. The molecule has 0 aliphatic heterocycles. The van der Waals surface area contributed by atoms with Crippen molar-refractivity contribution in [1.82, 2.24) is 9.97 Å². The predicted octanol–water partition coefficient (Wildman–Crippen LogP) is 5.42. The topological polar surface area (TPSA) is 86.5 Å². The summed E-state index contributed by atoms with van der Waals surface area (Å²) in [6, 6.07) is 16.7. The Morgan fingerprint density at radius 1 is 1.03 bits per heavy atom. The normalized spacial score (nSPS) is 10.8. The minimum Gasteiger partial charge on any atom is -0.494 e. The van der Waals surface area contributed by atoms with Gasteiger partial charge in [-0.25, -0.2) is 9.97 Å². The number of carbonyl (C=O) groups excluding carboxylic acids is 1. The van der Waals surface area contributed by atoms with Gasteiger partial charge in [0.15, 0.2) is 11.6 Å². The summed E-state index contributed by atoms with van der Waals surface area (Å²) in [6.07, 6.45) is 1.58. The summed E-state index contributed by atoms with van der Waals surface area (Å²) in [7, 11) is 0. The first-order chi connectivity index (χ1) is 15.7. The number of thioether (sulfide) groups is 1. The highest BCUT2D eigenvalue weighted by molar-refractivity contribution is 8.00. The summed E-state index contributed by atoms with van der Waals surface area (Å²) in [4.78, 5) is 22.0. The summed E-state index contributed by atoms with van der Waals surface area (Å²) < 4.78 is 16.6. The zero-order valence-corrected chi connectivity index (χ0v) is 18.6. The van der Waals surface area contributed by atoms with E-state index < -0.39 is 0 Å². The molecule has 1 N–H and O–H groups in total. The van der Waals surface area contributed by atoms with Crippen LogP contribution < -0.4 is 14.8 Å². The number of amides is 1. The van der Waals surface area contributed by atoms with Gasteiger partial charge in [0.05, 0.1) is 36.4 Å². The monoisotopic (exact) mass is 449 g/mol. The maximum atomic E-state index is 12.8. The van der Waals surface area contributed by atoms with Crippen molar-refractivity contribution in [3.63, 3.8) is 0 Å². The molecule has 4 aromatic rings. The van der Waals surface area contributed by atoms with E-state index in [9.17, 15) is 4.79 Å². The average Bonchev–Trinajstić information content (AvgIpc) is 3.34. The van der Waals surface area contributed by atoms with Crippen LogP contribution in [0.3, 0.4) is 0 Å². The van der Waals surface area contributed by atoms with Crippen molar-refractivity contribution in [3.05, 3.63) is 60.9 Å². The van der Waals surface area contributed by atoms with E-state index in [2.05, 4.69) is 15.3 Å². The predicted molar refractivity (Wildman–Crippen MR) is 125 cm³/mol. The lowest BCUT2D eigenvalue weighted by Gasteiger charge is -2.13. The lowest BCUT2D eigenvalue weighted by molar-refractivity contribution is -0.113. The molecule has 0 fully saturated rings. The Kier molecular flexibility index (Phi) is 6.91. The third-order valence-electron chi connectivity index (χ3n) is 4.49. The van der Waals surface area contributed by atoms with Crippen LogP contribution in [0.4, 0.5) is 5.69 Å². The van der Waals surface area contributed by atoms with Gasteiger partial charge in [-0.15, -0.1) is 0 Å². The smallest absolute Gasteiger partial charge is 0.234 e. The Morgan fingerprint density at radius 2 is 1.88 bits per heavy atom. The van der Waals surface area contributed by atoms with Crippen LogP contribution >= 0.6 is 11.8 Å². The minimum atomic E-state index is -0.174. The number of aromatic nitrogens is 2. The third kappa shape index (κ3) is 5.03. The molecule has 0 bridgehead atoms. The first-order valence-corrected chi connectivity index (χ1v) is 11.3. The average molecular weight is 450 g/mol. The summed E-state index contributed by atoms with van der Waals surface area (Å²) in [5.41, 5.74) is 1.37. The largest absolute Gasteiger partial charge is 0.494 e. The van der Waals surface area contributed by atoms with Crippen molar-refractivity contribution >= 4 is 34.3 Å². The molecule has 1 amide bonds. The molecule has 4 rings (SSSR count). The molecule has 7 nitrogen and oxygen atoms in total. The van der Waals surface area contributed by atoms with Gasteiger partial charge in [-0.1, -0.05) is 30.0 Å². The zero-order valence-electron chi connectivity index (χ0n) is 17.8. The summed E-state index contributed by atoms with van der Waals surface area (Å²) in [5, 5.41) is 4.52. The van der Waals surface area contributed by atoms with Crippen LogP contribution in [0.1, 0.15) is 13.8 Å². The molecule has 0 unspecified atom stereocenters. The summed E-state index contributed by atoms with van der Waals surface area (Å²) in [6.45, 7) is 4.84. The van der Waals surface area contributed by atoms with Crippen LogP contribution in [-0.4, -0.2) is 34.8 Å². The molecule has 0 spiro atoms. The van der Waals surface area contributed by atoms with E-state index in [0.717, 1.165) is 10.9 Å². The van der Waals surface area contributed by atoms with Gasteiger partial charge >= 0.3 is 0 Å². The highest BCUT2D eigenvalue weighted by atomic mass is 32.2. The number of hydrogen-bond acceptors (Lipinski definition) is 7. The molecule has 8 heteroatoms. The van der Waals surface area contributed by atoms with Crippen LogP contribution in [0.25, 0.3) is 22.5 Å². The third-order valence-corrected chi connectivity index (χ3v) is 5.48. The van der Waals surface area contributed by atoms with Gasteiger partial charge in [-0.05, 0) is 44.2 Å². The molecule has 2 aromatic heterocycles. The molecule has 32 heavy (non-hydrogen) atoms. The zero-order chi connectivity index (χ0) is 22.3. The summed E-state index contributed by atoms with van der Waals surface area (Å²) in [5.74, 6) is 2.33. The summed E-state index contributed by atoms with van der Waals surface area (Å²) >= 11 is 1.35. The number of fused-ring (bicyclic) bond motifs is 1. The molecular formula is C24H23N3O4S. The Labute approximate surface area is 190 Å². The van der Waals surface area contributed by atoms with Gasteiger partial charge in [0.25, 0.3) is 0 Å². The molecule has 0 atom stereocenters. The van der Waals surface area contributed by atoms with Gasteiger partial charge in [0.2, 0.25) is 5.91 Å². The fourth-order valence-electron chi connectivity index (χ4n) is 3.14. The molecule has 0 saturated carbocycles. The molecule has 0 saturated heterocycles. The van der Waals surface area contributed by atoms with Gasteiger partial charge in [-0.3, -0.25) is 4.79 Å². The number of carbonyl (C=O) groups is 1. The van der Waals surface area contributed by atoms with E-state index >= 15 is 0 Å². The lowest BCUT2D eigenvalue weighted by Crippen LogP contribution is -2.15. The SMILES string of the molecule is CCOc1ccc(OCC)c(NC(=O)CSc2nc(-c3ccco3)nc3ccccc23)c1. The van der Waals surface area contributed by atoms with Crippen molar-refractivity contribution in [2.75, 3.05) is 24.3 Å². The Hall–Kier alpha value is -3.52. The lowest BCUT2D eigenvalue weighted by atomic mass is 10.2. The first kappa shape index (κ1) is 21.7. The molecule has 0 aliphatic rings. The maximum Gasteiger partial charge on any atom is 0.234 e. The van der Waals surface area contributed by atoms with Crippen molar-refractivity contribution in [2.24, 2.45) is 0 Å². The van der Waals surface area contributed by atoms with E-state index in [0.29, 0.717) is 47.0 Å². The molecule has 0 radical (unpaired) electrons. The Bertz CT molecular complexity index is 1210. The van der Waals surface area contributed by atoms with E-state index in [1.54, 1.807) is 24.5 Å². The second-order valence-corrected chi connectivity index (χ2v) is 7.67. The van der Waals surface area contributed by atoms with E-state index in [1.165, 1.54) is 11.8 Å². The number of rotatable bonds is 9. The number of para-hydroxylation sites is 1.